The van der Waals surface area contributed by atoms with Gasteiger partial charge in [-0.1, -0.05) is 23.7 Å². The van der Waals surface area contributed by atoms with Crippen LogP contribution < -0.4 is 10.1 Å². The fourth-order valence-electron chi connectivity index (χ4n) is 2.04. The minimum Gasteiger partial charge on any atom is -0.497 e. The van der Waals surface area contributed by atoms with Crippen molar-refractivity contribution in [2.45, 2.75) is 19.3 Å². The topological polar surface area (TPSA) is 55.4 Å². The SMILES string of the molecule is COc1ccc(CCNC(=O)CCC(=O)c2ccc(Cl)s2)cc1. The van der Waals surface area contributed by atoms with Crippen molar-refractivity contribution in [1.29, 1.82) is 0 Å². The second-order valence-corrected chi connectivity index (χ2v) is 6.69. The molecule has 23 heavy (non-hydrogen) atoms. The van der Waals surface area contributed by atoms with Gasteiger partial charge < -0.3 is 10.1 Å². The molecule has 0 unspecified atom stereocenters. The van der Waals surface area contributed by atoms with Crippen LogP contribution in [0.4, 0.5) is 0 Å². The zero-order chi connectivity index (χ0) is 16.7. The van der Waals surface area contributed by atoms with E-state index in [1.54, 1.807) is 19.2 Å². The Labute approximate surface area is 144 Å². The second-order valence-electron chi connectivity index (χ2n) is 4.97. The molecule has 0 spiro atoms. The lowest BCUT2D eigenvalue weighted by atomic mass is 10.1. The first-order valence-electron chi connectivity index (χ1n) is 7.26. The minimum atomic E-state index is -0.116. The third-order valence-corrected chi connectivity index (χ3v) is 4.59. The normalized spacial score (nSPS) is 10.3. The van der Waals surface area contributed by atoms with Crippen molar-refractivity contribution in [2.75, 3.05) is 13.7 Å². The summed E-state index contributed by atoms with van der Waals surface area (Å²) in [5.74, 6) is 0.645. The third-order valence-electron chi connectivity index (χ3n) is 3.32. The number of amides is 1. The van der Waals surface area contributed by atoms with E-state index in [1.807, 2.05) is 24.3 Å². The molecule has 0 bridgehead atoms. The van der Waals surface area contributed by atoms with Crippen LogP contribution in [-0.2, 0) is 11.2 Å². The number of benzene rings is 1. The first-order chi connectivity index (χ1) is 11.1. The van der Waals surface area contributed by atoms with Gasteiger partial charge in [-0.2, -0.15) is 0 Å². The predicted octanol–water partition coefficient (Wildman–Crippen LogP) is 3.73. The summed E-state index contributed by atoms with van der Waals surface area (Å²) in [7, 11) is 1.63. The van der Waals surface area contributed by atoms with Crippen LogP contribution in [0.5, 0.6) is 5.75 Å². The number of ether oxygens (including phenoxy) is 1. The van der Waals surface area contributed by atoms with E-state index < -0.39 is 0 Å². The Bertz CT molecular complexity index is 667. The van der Waals surface area contributed by atoms with E-state index in [-0.39, 0.29) is 24.5 Å². The number of nitrogens with one attached hydrogen (secondary N) is 1. The van der Waals surface area contributed by atoms with Crippen LogP contribution >= 0.6 is 22.9 Å². The highest BCUT2D eigenvalue weighted by Gasteiger charge is 2.11. The van der Waals surface area contributed by atoms with Crippen LogP contribution in [0.15, 0.2) is 36.4 Å². The number of ketones is 1. The molecule has 1 amide bonds. The van der Waals surface area contributed by atoms with E-state index in [9.17, 15) is 9.59 Å². The molecule has 1 N–H and O–H groups in total. The van der Waals surface area contributed by atoms with Crippen LogP contribution in [0, 0.1) is 0 Å². The van der Waals surface area contributed by atoms with Crippen LogP contribution in [-0.4, -0.2) is 25.3 Å². The Hall–Kier alpha value is -1.85. The molecule has 0 radical (unpaired) electrons. The number of thiophene rings is 1. The van der Waals surface area contributed by atoms with Crippen molar-refractivity contribution in [1.82, 2.24) is 5.32 Å². The summed E-state index contributed by atoms with van der Waals surface area (Å²) in [6, 6.07) is 11.1. The lowest BCUT2D eigenvalue weighted by Crippen LogP contribution is -2.26. The van der Waals surface area contributed by atoms with Crippen LogP contribution in [0.3, 0.4) is 0 Å². The summed E-state index contributed by atoms with van der Waals surface area (Å²) in [5.41, 5.74) is 1.12. The molecule has 0 saturated carbocycles. The molecule has 1 heterocycles. The van der Waals surface area contributed by atoms with E-state index in [1.165, 1.54) is 11.3 Å². The fraction of sp³-hybridized carbons (Fsp3) is 0.294. The monoisotopic (exact) mass is 351 g/mol. The number of carbonyl (C=O) groups is 2. The van der Waals surface area contributed by atoms with Gasteiger partial charge in [-0.25, -0.2) is 0 Å². The van der Waals surface area contributed by atoms with Gasteiger partial charge in [0.2, 0.25) is 5.91 Å². The highest BCUT2D eigenvalue weighted by Crippen LogP contribution is 2.22. The molecule has 0 atom stereocenters. The van der Waals surface area contributed by atoms with Gasteiger partial charge in [-0.05, 0) is 36.2 Å². The molecular weight excluding hydrogens is 334 g/mol. The number of hydrogen-bond donors (Lipinski definition) is 1. The lowest BCUT2D eigenvalue weighted by molar-refractivity contribution is -0.121. The fourth-order valence-corrected chi connectivity index (χ4v) is 3.05. The van der Waals surface area contributed by atoms with E-state index >= 15 is 0 Å². The number of rotatable bonds is 8. The molecule has 0 aliphatic heterocycles. The number of Topliss-reactive ketones (excluding diaryl/α,β-unsaturated/α-hetero) is 1. The summed E-state index contributed by atoms with van der Waals surface area (Å²) < 4.78 is 5.68. The Kier molecular flexibility index (Phi) is 6.62. The maximum absolute atomic E-state index is 11.9. The standard InChI is InChI=1S/C17H18ClNO3S/c1-22-13-4-2-12(3-5-13)10-11-19-17(21)9-6-14(20)15-7-8-16(18)23-15/h2-5,7-8H,6,9-11H2,1H3,(H,19,21). The molecule has 1 aromatic carbocycles. The van der Waals surface area contributed by atoms with Gasteiger partial charge in [0, 0.05) is 19.4 Å². The minimum absolute atomic E-state index is 0.0489. The van der Waals surface area contributed by atoms with Crippen LogP contribution in [0.25, 0.3) is 0 Å². The molecule has 0 aliphatic carbocycles. The smallest absolute Gasteiger partial charge is 0.220 e. The summed E-state index contributed by atoms with van der Waals surface area (Å²) in [4.78, 5) is 24.2. The maximum Gasteiger partial charge on any atom is 0.220 e. The summed E-state index contributed by atoms with van der Waals surface area (Å²) in [6.45, 7) is 0.546. The largest absolute Gasteiger partial charge is 0.497 e. The summed E-state index contributed by atoms with van der Waals surface area (Å²) in [6.07, 6.45) is 1.13. The molecule has 0 fully saturated rings. The molecule has 122 valence electrons. The Morgan fingerprint density at radius 3 is 2.48 bits per heavy atom. The van der Waals surface area contributed by atoms with E-state index in [0.717, 1.165) is 17.7 Å². The lowest BCUT2D eigenvalue weighted by Gasteiger charge is -2.06. The van der Waals surface area contributed by atoms with Crippen molar-refractivity contribution in [3.63, 3.8) is 0 Å². The zero-order valence-electron chi connectivity index (χ0n) is 12.8. The first kappa shape index (κ1) is 17.5. The van der Waals surface area contributed by atoms with E-state index in [4.69, 9.17) is 16.3 Å². The number of halogens is 1. The van der Waals surface area contributed by atoms with Gasteiger partial charge in [0.15, 0.2) is 5.78 Å². The van der Waals surface area contributed by atoms with Crippen molar-refractivity contribution in [2.24, 2.45) is 0 Å². The Morgan fingerprint density at radius 2 is 1.87 bits per heavy atom. The quantitative estimate of drug-likeness (QED) is 0.737. The average Bonchev–Trinajstić information content (AvgIpc) is 3.00. The van der Waals surface area contributed by atoms with Crippen molar-refractivity contribution < 1.29 is 14.3 Å². The van der Waals surface area contributed by atoms with Crippen LogP contribution in [0.1, 0.15) is 28.1 Å². The number of methoxy groups -OCH3 is 1. The second kappa shape index (κ2) is 8.70. The Balaban J connectivity index is 1.67. The first-order valence-corrected chi connectivity index (χ1v) is 8.46. The van der Waals surface area contributed by atoms with Gasteiger partial charge >= 0.3 is 0 Å². The Morgan fingerprint density at radius 1 is 1.13 bits per heavy atom. The highest BCUT2D eigenvalue weighted by atomic mass is 35.5. The van der Waals surface area contributed by atoms with E-state index in [0.29, 0.717) is 15.8 Å². The molecule has 4 nitrogen and oxygen atoms in total. The molecule has 0 saturated heterocycles. The molecule has 2 rings (SSSR count). The molecular formula is C17H18ClNO3S. The molecule has 0 aliphatic rings. The predicted molar refractivity (Wildman–Crippen MR) is 92.6 cm³/mol. The van der Waals surface area contributed by atoms with Crippen LogP contribution in [0.2, 0.25) is 4.34 Å². The number of hydrogen-bond acceptors (Lipinski definition) is 4. The van der Waals surface area contributed by atoms with Gasteiger partial charge in [0.05, 0.1) is 16.3 Å². The molecule has 6 heteroatoms. The third kappa shape index (κ3) is 5.69. The maximum atomic E-state index is 11.9. The summed E-state index contributed by atoms with van der Waals surface area (Å²) in [5, 5.41) is 2.83. The van der Waals surface area contributed by atoms with Crippen molar-refractivity contribution in [3.8, 4) is 5.75 Å². The molecule has 1 aromatic heterocycles. The van der Waals surface area contributed by atoms with Gasteiger partial charge in [0.25, 0.3) is 0 Å². The van der Waals surface area contributed by atoms with E-state index in [2.05, 4.69) is 5.32 Å². The zero-order valence-corrected chi connectivity index (χ0v) is 14.4. The van der Waals surface area contributed by atoms with Gasteiger partial charge in [-0.15, -0.1) is 11.3 Å². The summed E-state index contributed by atoms with van der Waals surface area (Å²) >= 11 is 7.03. The number of carbonyl (C=O) groups excluding carboxylic acids is 2. The highest BCUT2D eigenvalue weighted by molar-refractivity contribution is 7.18. The van der Waals surface area contributed by atoms with Gasteiger partial charge in [0.1, 0.15) is 5.75 Å². The van der Waals surface area contributed by atoms with Crippen molar-refractivity contribution in [3.05, 3.63) is 51.2 Å². The van der Waals surface area contributed by atoms with Gasteiger partial charge in [-0.3, -0.25) is 9.59 Å². The molecule has 2 aromatic rings. The van der Waals surface area contributed by atoms with Crippen molar-refractivity contribution >= 4 is 34.6 Å². The average molecular weight is 352 g/mol.